The summed E-state index contributed by atoms with van der Waals surface area (Å²) >= 11 is 0. The Bertz CT molecular complexity index is 556. The highest BCUT2D eigenvalue weighted by atomic mass is 32.2. The number of nitrogens with zero attached hydrogens (tertiary/aromatic N) is 2. The molecule has 0 unspecified atom stereocenters. The van der Waals surface area contributed by atoms with Gasteiger partial charge in [0.1, 0.15) is 5.69 Å². The van der Waals surface area contributed by atoms with Crippen LogP contribution in [0.1, 0.15) is 6.92 Å². The minimum Gasteiger partial charge on any atom is -0.383 e. The van der Waals surface area contributed by atoms with Gasteiger partial charge in [0.25, 0.3) is 5.69 Å². The molecule has 1 aromatic rings. The normalized spacial score (nSPS) is 11.6. The Balaban J connectivity index is 3.34. The first-order valence-electron chi connectivity index (χ1n) is 5.27. The molecule has 1 rings (SSSR count). The summed E-state index contributed by atoms with van der Waals surface area (Å²) in [4.78, 5) is 10.2. The van der Waals surface area contributed by atoms with Crippen molar-refractivity contribution in [2.75, 3.05) is 26.0 Å². The molecule has 100 valence electrons. The van der Waals surface area contributed by atoms with Crippen molar-refractivity contribution in [1.29, 1.82) is 0 Å². The van der Waals surface area contributed by atoms with Gasteiger partial charge in [-0.15, -0.1) is 0 Å². The zero-order valence-electron chi connectivity index (χ0n) is 10.4. The molecule has 0 bridgehead atoms. The molecule has 1 aromatic carbocycles. The third-order valence-electron chi connectivity index (χ3n) is 2.59. The maximum absolute atomic E-state index is 12.0. The van der Waals surface area contributed by atoms with Crippen molar-refractivity contribution >= 4 is 21.4 Å². The molecule has 0 fully saturated rings. The second-order valence-corrected chi connectivity index (χ2v) is 5.65. The van der Waals surface area contributed by atoms with E-state index >= 15 is 0 Å². The highest BCUT2D eigenvalue weighted by Crippen LogP contribution is 2.27. The third kappa shape index (κ3) is 2.59. The summed E-state index contributed by atoms with van der Waals surface area (Å²) in [5, 5.41) is 13.4. The molecule has 0 atom stereocenters. The van der Waals surface area contributed by atoms with Crippen LogP contribution in [0.2, 0.25) is 0 Å². The van der Waals surface area contributed by atoms with Gasteiger partial charge in [0.05, 0.1) is 9.82 Å². The van der Waals surface area contributed by atoms with Crippen LogP contribution < -0.4 is 5.32 Å². The Kier molecular flexibility index (Phi) is 4.25. The number of sulfonamides is 1. The Hall–Kier alpha value is -1.67. The Morgan fingerprint density at radius 1 is 1.44 bits per heavy atom. The molecule has 0 aliphatic heterocycles. The lowest BCUT2D eigenvalue weighted by Crippen LogP contribution is -2.26. The molecule has 0 spiro atoms. The van der Waals surface area contributed by atoms with Crippen LogP contribution in [0.3, 0.4) is 0 Å². The summed E-state index contributed by atoms with van der Waals surface area (Å²) in [6, 6.07) is 3.68. The van der Waals surface area contributed by atoms with Crippen molar-refractivity contribution in [2.24, 2.45) is 0 Å². The van der Waals surface area contributed by atoms with Gasteiger partial charge in [0.2, 0.25) is 10.0 Å². The number of nitro groups is 1. The molecule has 1 N–H and O–H groups in total. The van der Waals surface area contributed by atoms with Crippen molar-refractivity contribution in [3.63, 3.8) is 0 Å². The summed E-state index contributed by atoms with van der Waals surface area (Å²) in [5.41, 5.74) is 0.0150. The molecule has 0 amide bonds. The molecule has 0 aliphatic rings. The van der Waals surface area contributed by atoms with E-state index in [1.165, 1.54) is 36.6 Å². The molecule has 0 aliphatic carbocycles. The highest BCUT2D eigenvalue weighted by molar-refractivity contribution is 7.89. The molecule has 0 saturated heterocycles. The predicted octanol–water partition coefficient (Wildman–Crippen LogP) is 1.28. The molecule has 7 nitrogen and oxygen atoms in total. The summed E-state index contributed by atoms with van der Waals surface area (Å²) < 4.78 is 25.3. The quantitative estimate of drug-likeness (QED) is 0.644. The lowest BCUT2D eigenvalue weighted by Gasteiger charge is -2.15. The number of benzene rings is 1. The fourth-order valence-corrected chi connectivity index (χ4v) is 2.59. The second kappa shape index (κ2) is 5.32. The van der Waals surface area contributed by atoms with Crippen molar-refractivity contribution in [2.45, 2.75) is 11.8 Å². The van der Waals surface area contributed by atoms with Crippen LogP contribution in [-0.4, -0.2) is 38.3 Å². The Morgan fingerprint density at radius 3 is 2.50 bits per heavy atom. The van der Waals surface area contributed by atoms with Gasteiger partial charge in [-0.3, -0.25) is 10.1 Å². The molecule has 8 heteroatoms. The fraction of sp³-hybridized carbons (Fsp3) is 0.400. The topological polar surface area (TPSA) is 92.5 Å². The maximum atomic E-state index is 12.0. The van der Waals surface area contributed by atoms with Crippen molar-refractivity contribution in [1.82, 2.24) is 4.31 Å². The van der Waals surface area contributed by atoms with Gasteiger partial charge >= 0.3 is 0 Å². The zero-order valence-corrected chi connectivity index (χ0v) is 11.2. The van der Waals surface area contributed by atoms with Gasteiger partial charge in [-0.1, -0.05) is 6.92 Å². The first kappa shape index (κ1) is 14.4. The number of nitrogens with one attached hydrogen (secondary N) is 1. The average molecular weight is 273 g/mol. The lowest BCUT2D eigenvalue weighted by atomic mass is 10.3. The fourth-order valence-electron chi connectivity index (χ4n) is 1.38. The lowest BCUT2D eigenvalue weighted by molar-refractivity contribution is -0.384. The van der Waals surface area contributed by atoms with E-state index in [1.54, 1.807) is 6.92 Å². The van der Waals surface area contributed by atoms with Crippen LogP contribution in [0.15, 0.2) is 23.1 Å². The highest BCUT2D eigenvalue weighted by Gasteiger charge is 2.22. The molecule has 0 saturated carbocycles. The largest absolute Gasteiger partial charge is 0.383 e. The van der Waals surface area contributed by atoms with Crippen LogP contribution in [0.5, 0.6) is 0 Å². The zero-order chi connectivity index (χ0) is 13.9. The SMILES string of the molecule is CCN(C)S(=O)(=O)c1ccc([N+](=O)[O-])c(NC)c1. The van der Waals surface area contributed by atoms with E-state index in [1.807, 2.05) is 0 Å². The van der Waals surface area contributed by atoms with E-state index in [0.717, 1.165) is 0 Å². The van der Waals surface area contributed by atoms with Crippen molar-refractivity contribution < 1.29 is 13.3 Å². The summed E-state index contributed by atoms with van der Waals surface area (Å²) in [6.07, 6.45) is 0. The van der Waals surface area contributed by atoms with E-state index in [0.29, 0.717) is 6.54 Å². The molecule has 0 aromatic heterocycles. The monoisotopic (exact) mass is 273 g/mol. The molecule has 0 heterocycles. The number of anilines is 1. The second-order valence-electron chi connectivity index (χ2n) is 3.61. The Morgan fingerprint density at radius 2 is 2.06 bits per heavy atom. The number of hydrogen-bond donors (Lipinski definition) is 1. The van der Waals surface area contributed by atoms with E-state index < -0.39 is 14.9 Å². The van der Waals surface area contributed by atoms with Crippen LogP contribution in [0, 0.1) is 10.1 Å². The van der Waals surface area contributed by atoms with Gasteiger partial charge in [-0.05, 0) is 12.1 Å². The molecular weight excluding hydrogens is 258 g/mol. The summed E-state index contributed by atoms with van der Waals surface area (Å²) in [5.74, 6) is 0. The molecular formula is C10H15N3O4S. The first-order valence-corrected chi connectivity index (χ1v) is 6.71. The van der Waals surface area contributed by atoms with Crippen LogP contribution in [-0.2, 0) is 10.0 Å². The van der Waals surface area contributed by atoms with Crippen LogP contribution in [0.25, 0.3) is 0 Å². The van der Waals surface area contributed by atoms with Gasteiger partial charge in [0.15, 0.2) is 0 Å². The van der Waals surface area contributed by atoms with Crippen molar-refractivity contribution in [3.8, 4) is 0 Å². The molecule has 18 heavy (non-hydrogen) atoms. The van der Waals surface area contributed by atoms with E-state index in [4.69, 9.17) is 0 Å². The number of rotatable bonds is 5. The Labute approximate surface area is 106 Å². The minimum atomic E-state index is -3.59. The van der Waals surface area contributed by atoms with Crippen LogP contribution >= 0.6 is 0 Å². The smallest absolute Gasteiger partial charge is 0.292 e. The maximum Gasteiger partial charge on any atom is 0.292 e. The van der Waals surface area contributed by atoms with Gasteiger partial charge in [0, 0.05) is 26.7 Å². The first-order chi connectivity index (χ1) is 8.34. The summed E-state index contributed by atoms with van der Waals surface area (Å²) in [6.45, 7) is 2.04. The average Bonchev–Trinajstić information content (AvgIpc) is 2.36. The standard InChI is InChI=1S/C10H15N3O4S/c1-4-12(3)18(16,17)8-5-6-10(13(14)15)9(7-8)11-2/h5-7,11H,4H2,1-3H3. The van der Waals surface area contributed by atoms with E-state index in [-0.39, 0.29) is 16.3 Å². The number of nitro benzene ring substituents is 1. The van der Waals surface area contributed by atoms with E-state index in [2.05, 4.69) is 5.32 Å². The number of hydrogen-bond acceptors (Lipinski definition) is 5. The summed E-state index contributed by atoms with van der Waals surface area (Å²) in [7, 11) is -0.637. The van der Waals surface area contributed by atoms with E-state index in [9.17, 15) is 18.5 Å². The molecule has 0 radical (unpaired) electrons. The van der Waals surface area contributed by atoms with Crippen LogP contribution in [0.4, 0.5) is 11.4 Å². The van der Waals surface area contributed by atoms with Gasteiger partial charge in [-0.25, -0.2) is 12.7 Å². The predicted molar refractivity (Wildman–Crippen MR) is 68.1 cm³/mol. The van der Waals surface area contributed by atoms with Gasteiger partial charge in [-0.2, -0.15) is 0 Å². The van der Waals surface area contributed by atoms with Crippen molar-refractivity contribution in [3.05, 3.63) is 28.3 Å². The minimum absolute atomic E-state index is 0.0294. The third-order valence-corrected chi connectivity index (χ3v) is 4.52. The van der Waals surface area contributed by atoms with Gasteiger partial charge < -0.3 is 5.32 Å².